The summed E-state index contributed by atoms with van der Waals surface area (Å²) >= 11 is 0. The monoisotopic (exact) mass is 476 g/mol. The molecule has 0 heterocycles. The lowest BCUT2D eigenvalue weighted by Gasteiger charge is -2.42. The van der Waals surface area contributed by atoms with E-state index in [1.165, 1.54) is 20.8 Å². The molecule has 0 amide bonds. The molecule has 0 aromatic rings. The van der Waals surface area contributed by atoms with E-state index < -0.39 is 59.2 Å². The molecule has 15 heteroatoms. The molecule has 0 fully saturated rings. The second kappa shape index (κ2) is 7.61. The van der Waals surface area contributed by atoms with Gasteiger partial charge in [-0.25, -0.2) is 0 Å². The van der Waals surface area contributed by atoms with Crippen LogP contribution in [0, 0.1) is 11.8 Å². The van der Waals surface area contributed by atoms with E-state index in [0.29, 0.717) is 6.92 Å². The van der Waals surface area contributed by atoms with Crippen molar-refractivity contribution in [1.82, 2.24) is 0 Å². The van der Waals surface area contributed by atoms with Gasteiger partial charge >= 0.3 is 41.8 Å². The zero-order valence-electron chi connectivity index (χ0n) is 15.9. The number of carbonyl (C=O) groups is 1. The van der Waals surface area contributed by atoms with Gasteiger partial charge < -0.3 is 4.74 Å². The van der Waals surface area contributed by atoms with Gasteiger partial charge in [-0.2, -0.15) is 57.1 Å². The van der Waals surface area contributed by atoms with Crippen molar-refractivity contribution in [2.24, 2.45) is 11.8 Å². The Morgan fingerprint density at radius 2 is 0.967 bits per heavy atom. The molecule has 0 rings (SSSR count). The average molecular weight is 476 g/mol. The van der Waals surface area contributed by atoms with E-state index in [-0.39, 0.29) is 6.92 Å². The largest absolute Gasteiger partial charge is 0.460 e. The van der Waals surface area contributed by atoms with Gasteiger partial charge in [-0.05, 0) is 20.8 Å². The summed E-state index contributed by atoms with van der Waals surface area (Å²) in [4.78, 5) is 11.7. The first-order chi connectivity index (χ1) is 12.7. The molecule has 0 bridgehead atoms. The molecule has 0 aliphatic rings. The Morgan fingerprint density at radius 1 is 0.633 bits per heavy atom. The summed E-state index contributed by atoms with van der Waals surface area (Å²) in [6.45, 7) is 4.07. The van der Waals surface area contributed by atoms with E-state index in [0.717, 1.165) is 0 Å². The van der Waals surface area contributed by atoms with E-state index in [1.807, 2.05) is 0 Å². The van der Waals surface area contributed by atoms with E-state index >= 15 is 0 Å². The van der Waals surface area contributed by atoms with Crippen LogP contribution in [0.2, 0.25) is 0 Å². The summed E-state index contributed by atoms with van der Waals surface area (Å²) in [7, 11) is 0. The second-order valence-corrected chi connectivity index (χ2v) is 7.53. The summed E-state index contributed by atoms with van der Waals surface area (Å²) < 4.78 is 175. The summed E-state index contributed by atoms with van der Waals surface area (Å²) in [6.07, 6.45) is -7.47. The fourth-order valence-corrected chi connectivity index (χ4v) is 1.98. The highest BCUT2D eigenvalue weighted by Crippen LogP contribution is 2.61. The Balaban J connectivity index is 6.27. The molecule has 0 saturated carbocycles. The molecule has 0 aliphatic carbocycles. The van der Waals surface area contributed by atoms with Crippen LogP contribution in [-0.4, -0.2) is 47.4 Å². The van der Waals surface area contributed by atoms with Crippen molar-refractivity contribution in [2.45, 2.75) is 76.0 Å². The lowest BCUT2D eigenvalue weighted by atomic mass is 9.82. The zero-order valence-corrected chi connectivity index (χ0v) is 15.9. The molecule has 0 saturated heterocycles. The van der Waals surface area contributed by atoms with Crippen LogP contribution in [0.3, 0.4) is 0 Å². The molecular formula is C15H17F13O2. The normalized spacial score (nSPS) is 17.5. The average Bonchev–Trinajstić information content (AvgIpc) is 2.49. The van der Waals surface area contributed by atoms with E-state index in [2.05, 4.69) is 4.74 Å². The predicted octanol–water partition coefficient (Wildman–Crippen LogP) is 6.34. The third kappa shape index (κ3) is 4.43. The molecule has 2 nitrogen and oxygen atoms in total. The predicted molar refractivity (Wildman–Crippen MR) is 75.0 cm³/mol. The molecule has 0 radical (unpaired) electrons. The number of carbonyl (C=O) groups excluding carboxylic acids is 1. The van der Waals surface area contributed by atoms with Crippen LogP contribution in [0.5, 0.6) is 0 Å². The van der Waals surface area contributed by atoms with Crippen molar-refractivity contribution in [3.63, 3.8) is 0 Å². The molecule has 0 spiro atoms. The number of rotatable bonds is 7. The lowest BCUT2D eigenvalue weighted by molar-refractivity contribution is -0.443. The van der Waals surface area contributed by atoms with E-state index in [9.17, 15) is 61.9 Å². The molecule has 30 heavy (non-hydrogen) atoms. The van der Waals surface area contributed by atoms with Crippen molar-refractivity contribution in [3.8, 4) is 0 Å². The third-order valence-electron chi connectivity index (χ3n) is 4.06. The Labute approximate surface area is 161 Å². The lowest BCUT2D eigenvalue weighted by Crippen LogP contribution is -2.71. The number of alkyl halides is 13. The van der Waals surface area contributed by atoms with Crippen molar-refractivity contribution in [2.75, 3.05) is 0 Å². The fourth-order valence-electron chi connectivity index (χ4n) is 1.98. The van der Waals surface area contributed by atoms with Gasteiger partial charge in [0.05, 0.1) is 5.92 Å². The van der Waals surface area contributed by atoms with Crippen molar-refractivity contribution in [3.05, 3.63) is 0 Å². The van der Waals surface area contributed by atoms with Gasteiger partial charge in [0.25, 0.3) is 0 Å². The standard InChI is InChI=1S/C15H17F13O2/c1-6(8(29)30-9(3,4)5)7(2)10(16,17)11(18,19)12(20,21)13(22,23)14(24,25)15(26,27)28/h6-7H,1-5H3. The van der Waals surface area contributed by atoms with Gasteiger partial charge in [0, 0.05) is 5.92 Å². The Kier molecular flexibility index (Phi) is 7.24. The topological polar surface area (TPSA) is 26.3 Å². The zero-order chi connectivity index (χ0) is 24.9. The smallest absolute Gasteiger partial charge is 0.460 e. The molecule has 180 valence electrons. The fraction of sp³-hybridized carbons (Fsp3) is 0.933. The van der Waals surface area contributed by atoms with Gasteiger partial charge in [0.2, 0.25) is 0 Å². The maximum atomic E-state index is 14.1. The summed E-state index contributed by atoms with van der Waals surface area (Å²) in [5.74, 6) is -44.7. The minimum absolute atomic E-state index is 0.0125. The maximum absolute atomic E-state index is 14.1. The number of ether oxygens (including phenoxy) is 1. The second-order valence-electron chi connectivity index (χ2n) is 7.53. The molecule has 0 aromatic heterocycles. The maximum Gasteiger partial charge on any atom is 0.460 e. The number of hydrogen-bond donors (Lipinski definition) is 0. The van der Waals surface area contributed by atoms with E-state index in [4.69, 9.17) is 0 Å². The highest BCUT2D eigenvalue weighted by molar-refractivity contribution is 5.73. The Hall–Kier alpha value is -1.44. The number of hydrogen-bond acceptors (Lipinski definition) is 2. The van der Waals surface area contributed by atoms with Crippen molar-refractivity contribution >= 4 is 5.97 Å². The molecule has 2 unspecified atom stereocenters. The molecule has 0 aromatic carbocycles. The van der Waals surface area contributed by atoms with Gasteiger partial charge in [0.1, 0.15) is 5.60 Å². The Morgan fingerprint density at radius 3 is 1.27 bits per heavy atom. The first-order valence-corrected chi connectivity index (χ1v) is 7.88. The van der Waals surface area contributed by atoms with Gasteiger partial charge in [-0.1, -0.05) is 13.8 Å². The SMILES string of the molecule is CC(C(=O)OC(C)(C)C)C(C)C(F)(F)C(F)(F)C(F)(F)C(F)(F)C(F)(F)C(F)(F)F. The summed E-state index contributed by atoms with van der Waals surface area (Å²) in [5, 5.41) is 0. The quantitative estimate of drug-likeness (QED) is 0.317. The number of halogens is 13. The van der Waals surface area contributed by atoms with Crippen LogP contribution in [0.25, 0.3) is 0 Å². The van der Waals surface area contributed by atoms with Crippen LogP contribution in [0.4, 0.5) is 57.1 Å². The van der Waals surface area contributed by atoms with Gasteiger partial charge in [-0.3, -0.25) is 4.79 Å². The first kappa shape index (κ1) is 28.6. The van der Waals surface area contributed by atoms with Crippen LogP contribution in [-0.2, 0) is 9.53 Å². The summed E-state index contributed by atoms with van der Waals surface area (Å²) in [5.41, 5.74) is -1.38. The van der Waals surface area contributed by atoms with E-state index in [1.54, 1.807) is 0 Å². The highest BCUT2D eigenvalue weighted by atomic mass is 19.4. The van der Waals surface area contributed by atoms with Gasteiger partial charge in [-0.15, -0.1) is 0 Å². The Bertz CT molecular complexity index is 631. The first-order valence-electron chi connectivity index (χ1n) is 7.88. The van der Waals surface area contributed by atoms with Crippen LogP contribution < -0.4 is 0 Å². The highest BCUT2D eigenvalue weighted by Gasteiger charge is 2.91. The molecular weight excluding hydrogens is 459 g/mol. The molecule has 0 aliphatic heterocycles. The molecule has 2 atom stereocenters. The van der Waals surface area contributed by atoms with Crippen molar-refractivity contribution in [1.29, 1.82) is 0 Å². The van der Waals surface area contributed by atoms with Crippen LogP contribution in [0.15, 0.2) is 0 Å². The van der Waals surface area contributed by atoms with Gasteiger partial charge in [0.15, 0.2) is 0 Å². The third-order valence-corrected chi connectivity index (χ3v) is 4.06. The number of esters is 1. The van der Waals surface area contributed by atoms with Crippen LogP contribution >= 0.6 is 0 Å². The van der Waals surface area contributed by atoms with Crippen molar-refractivity contribution < 1.29 is 66.6 Å². The minimum atomic E-state index is -7.97. The summed E-state index contributed by atoms with van der Waals surface area (Å²) in [6, 6.07) is 0. The molecule has 0 N–H and O–H groups in total. The minimum Gasteiger partial charge on any atom is -0.460 e. The van der Waals surface area contributed by atoms with Crippen LogP contribution in [0.1, 0.15) is 34.6 Å².